The molecule has 0 spiro atoms. The summed E-state index contributed by atoms with van der Waals surface area (Å²) in [5.41, 5.74) is 5.16. The van der Waals surface area contributed by atoms with Crippen LogP contribution in [0.25, 0.3) is 0 Å². The summed E-state index contributed by atoms with van der Waals surface area (Å²) in [6, 6.07) is 14.3. The summed E-state index contributed by atoms with van der Waals surface area (Å²) in [5, 5.41) is 10.8. The van der Waals surface area contributed by atoms with Crippen molar-refractivity contribution in [3.63, 3.8) is 0 Å². The van der Waals surface area contributed by atoms with Gasteiger partial charge in [-0.05, 0) is 54.7 Å². The molecule has 7 heteroatoms. The first-order valence-electron chi connectivity index (χ1n) is 10.6. The van der Waals surface area contributed by atoms with Crippen LogP contribution < -0.4 is 9.21 Å². The molecule has 0 amide bonds. The SMILES string of the molecule is Cc1cccc(N2CCN(C[C@H](O)c3ccc4c(c3)CCCN4S(C)(=O)=O)CC2)c1. The lowest BCUT2D eigenvalue weighted by Crippen LogP contribution is -2.47. The highest BCUT2D eigenvalue weighted by atomic mass is 32.2. The van der Waals surface area contributed by atoms with Gasteiger partial charge in [-0.1, -0.05) is 24.3 Å². The minimum absolute atomic E-state index is 0.527. The second kappa shape index (κ2) is 8.57. The predicted octanol–water partition coefficient (Wildman–Crippen LogP) is 2.56. The van der Waals surface area contributed by atoms with Gasteiger partial charge in [-0.3, -0.25) is 9.21 Å². The average Bonchev–Trinajstić information content (AvgIpc) is 2.72. The van der Waals surface area contributed by atoms with Crippen LogP contribution in [-0.4, -0.2) is 63.9 Å². The largest absolute Gasteiger partial charge is 0.387 e. The van der Waals surface area contributed by atoms with Crippen LogP contribution in [0.2, 0.25) is 0 Å². The van der Waals surface area contributed by atoms with Crippen molar-refractivity contribution in [1.29, 1.82) is 0 Å². The molecule has 1 N–H and O–H groups in total. The zero-order chi connectivity index (χ0) is 21.3. The molecule has 2 aliphatic rings. The summed E-state index contributed by atoms with van der Waals surface area (Å²) in [5.74, 6) is 0. The summed E-state index contributed by atoms with van der Waals surface area (Å²) in [4.78, 5) is 4.70. The number of anilines is 2. The number of piperazine rings is 1. The molecule has 6 nitrogen and oxygen atoms in total. The number of hydrogen-bond acceptors (Lipinski definition) is 5. The van der Waals surface area contributed by atoms with Crippen LogP contribution in [0.15, 0.2) is 42.5 Å². The molecule has 0 bridgehead atoms. The molecule has 2 aromatic carbocycles. The van der Waals surface area contributed by atoms with Gasteiger partial charge in [-0.25, -0.2) is 8.42 Å². The number of aryl methyl sites for hydroxylation is 2. The van der Waals surface area contributed by atoms with Gasteiger partial charge in [0.15, 0.2) is 0 Å². The van der Waals surface area contributed by atoms with Crippen molar-refractivity contribution in [3.8, 4) is 0 Å². The van der Waals surface area contributed by atoms with Crippen LogP contribution in [-0.2, 0) is 16.4 Å². The number of fused-ring (bicyclic) bond motifs is 1. The molecule has 30 heavy (non-hydrogen) atoms. The maximum absolute atomic E-state index is 12.0. The number of sulfonamides is 1. The molecule has 2 aliphatic heterocycles. The Morgan fingerprint density at radius 2 is 1.80 bits per heavy atom. The molecule has 1 fully saturated rings. The van der Waals surface area contributed by atoms with E-state index in [1.807, 2.05) is 18.2 Å². The second-order valence-corrected chi connectivity index (χ2v) is 10.4. The molecule has 2 heterocycles. The van der Waals surface area contributed by atoms with Gasteiger partial charge in [0.1, 0.15) is 0 Å². The second-order valence-electron chi connectivity index (χ2n) is 8.47. The predicted molar refractivity (Wildman–Crippen MR) is 122 cm³/mol. The molecular formula is C23H31N3O3S. The molecular weight excluding hydrogens is 398 g/mol. The number of rotatable bonds is 5. The summed E-state index contributed by atoms with van der Waals surface area (Å²) >= 11 is 0. The summed E-state index contributed by atoms with van der Waals surface area (Å²) in [6.45, 7) is 6.96. The van der Waals surface area contributed by atoms with Crippen LogP contribution in [0.4, 0.5) is 11.4 Å². The van der Waals surface area contributed by atoms with Crippen LogP contribution in [0.3, 0.4) is 0 Å². The Bertz CT molecular complexity index is 1000. The third-order valence-corrected chi connectivity index (χ3v) is 7.31. The fourth-order valence-electron chi connectivity index (χ4n) is 4.50. The highest BCUT2D eigenvalue weighted by molar-refractivity contribution is 7.92. The monoisotopic (exact) mass is 429 g/mol. The minimum atomic E-state index is -3.27. The lowest BCUT2D eigenvalue weighted by atomic mass is 9.98. The third kappa shape index (κ3) is 4.63. The van der Waals surface area contributed by atoms with E-state index in [0.717, 1.165) is 55.8 Å². The molecule has 1 saturated heterocycles. The molecule has 162 valence electrons. The third-order valence-electron chi connectivity index (χ3n) is 6.13. The van der Waals surface area contributed by atoms with Crippen molar-refractivity contribution in [2.24, 2.45) is 0 Å². The van der Waals surface area contributed by atoms with E-state index in [0.29, 0.717) is 13.1 Å². The van der Waals surface area contributed by atoms with E-state index in [-0.39, 0.29) is 0 Å². The fraction of sp³-hybridized carbons (Fsp3) is 0.478. The summed E-state index contributed by atoms with van der Waals surface area (Å²) < 4.78 is 25.6. The molecule has 2 aromatic rings. The van der Waals surface area contributed by atoms with Crippen molar-refractivity contribution < 1.29 is 13.5 Å². The van der Waals surface area contributed by atoms with Crippen LogP contribution >= 0.6 is 0 Å². The van der Waals surface area contributed by atoms with Gasteiger partial charge in [0.2, 0.25) is 10.0 Å². The molecule has 0 saturated carbocycles. The van der Waals surface area contributed by atoms with Gasteiger partial charge in [0.05, 0.1) is 18.0 Å². The van der Waals surface area contributed by atoms with Gasteiger partial charge in [0, 0.05) is 45.0 Å². The maximum atomic E-state index is 12.0. The number of aliphatic hydroxyl groups excluding tert-OH is 1. The van der Waals surface area contributed by atoms with Gasteiger partial charge < -0.3 is 10.0 Å². The number of hydrogen-bond donors (Lipinski definition) is 1. The van der Waals surface area contributed by atoms with Crippen molar-refractivity contribution >= 4 is 21.4 Å². The standard InChI is InChI=1S/C23H31N3O3S/c1-18-5-3-7-21(15-18)25-13-11-24(12-14-25)17-23(27)20-8-9-22-19(16-20)6-4-10-26(22)30(2,28)29/h3,5,7-9,15-16,23,27H,4,6,10-14,17H2,1-2H3/t23-/m0/s1. The number of nitrogens with zero attached hydrogens (tertiary/aromatic N) is 3. The van der Waals surface area contributed by atoms with E-state index in [2.05, 4.69) is 41.0 Å². The van der Waals surface area contributed by atoms with E-state index in [1.54, 1.807) is 0 Å². The zero-order valence-electron chi connectivity index (χ0n) is 17.8. The Morgan fingerprint density at radius 3 is 2.50 bits per heavy atom. The van der Waals surface area contributed by atoms with E-state index in [4.69, 9.17) is 0 Å². The topological polar surface area (TPSA) is 64.1 Å². The Balaban J connectivity index is 1.38. The van der Waals surface area contributed by atoms with Crippen LogP contribution in [0.5, 0.6) is 0 Å². The van der Waals surface area contributed by atoms with Gasteiger partial charge in [0.25, 0.3) is 0 Å². The van der Waals surface area contributed by atoms with Crippen LogP contribution in [0.1, 0.15) is 29.2 Å². The van der Waals surface area contributed by atoms with E-state index < -0.39 is 16.1 Å². The normalized spacial score (nSPS) is 18.9. The Hall–Kier alpha value is -2.09. The summed E-state index contributed by atoms with van der Waals surface area (Å²) in [7, 11) is -3.27. The lowest BCUT2D eigenvalue weighted by molar-refractivity contribution is 0.109. The molecule has 0 radical (unpaired) electrons. The smallest absolute Gasteiger partial charge is 0.232 e. The zero-order valence-corrected chi connectivity index (χ0v) is 18.6. The van der Waals surface area contributed by atoms with Gasteiger partial charge >= 0.3 is 0 Å². The molecule has 4 rings (SSSR count). The molecule has 0 aromatic heterocycles. The van der Waals surface area contributed by atoms with E-state index in [1.165, 1.54) is 21.8 Å². The van der Waals surface area contributed by atoms with E-state index >= 15 is 0 Å². The quantitative estimate of drug-likeness (QED) is 0.792. The molecule has 1 atom stereocenters. The first-order chi connectivity index (χ1) is 14.3. The number of aliphatic hydroxyl groups is 1. The van der Waals surface area contributed by atoms with Gasteiger partial charge in [-0.2, -0.15) is 0 Å². The Labute approximate surface area is 179 Å². The van der Waals surface area contributed by atoms with E-state index in [9.17, 15) is 13.5 Å². The van der Waals surface area contributed by atoms with Crippen LogP contribution in [0, 0.1) is 6.92 Å². The van der Waals surface area contributed by atoms with Gasteiger partial charge in [-0.15, -0.1) is 0 Å². The highest BCUT2D eigenvalue weighted by Gasteiger charge is 2.26. The average molecular weight is 430 g/mol. The Kier molecular flexibility index (Phi) is 6.04. The lowest BCUT2D eigenvalue weighted by Gasteiger charge is -2.37. The fourth-order valence-corrected chi connectivity index (χ4v) is 5.49. The minimum Gasteiger partial charge on any atom is -0.387 e. The molecule has 0 aliphatic carbocycles. The van der Waals surface area contributed by atoms with Crippen molar-refractivity contribution in [3.05, 3.63) is 59.2 Å². The van der Waals surface area contributed by atoms with Crippen molar-refractivity contribution in [2.45, 2.75) is 25.9 Å². The maximum Gasteiger partial charge on any atom is 0.232 e. The number of benzene rings is 2. The van der Waals surface area contributed by atoms with Crippen molar-refractivity contribution in [2.75, 3.05) is 54.7 Å². The van der Waals surface area contributed by atoms with Crippen molar-refractivity contribution in [1.82, 2.24) is 4.90 Å². The number of β-amino-alcohol motifs (C(OH)–C–C–N with tert-alkyl or cyclic N) is 1. The highest BCUT2D eigenvalue weighted by Crippen LogP contribution is 2.31. The first-order valence-corrected chi connectivity index (χ1v) is 12.5. The Morgan fingerprint density at radius 1 is 1.03 bits per heavy atom. The first kappa shape index (κ1) is 21.2. The summed E-state index contributed by atoms with van der Waals surface area (Å²) in [6.07, 6.45) is 2.33. The molecule has 0 unspecified atom stereocenters.